The van der Waals surface area contributed by atoms with Gasteiger partial charge in [-0.2, -0.15) is 23.5 Å². The zero-order valence-corrected chi connectivity index (χ0v) is 22.3. The molecule has 206 valence electrons. The normalized spacial score (nSPS) is 15.2. The van der Waals surface area contributed by atoms with Crippen LogP contribution in [0.2, 0.25) is 0 Å². The molecule has 1 saturated heterocycles. The number of nitrogens with one attached hydrogen (secondary N) is 1. The van der Waals surface area contributed by atoms with Crippen LogP contribution in [0, 0.1) is 11.3 Å². The Kier molecular flexibility index (Phi) is 7.12. The molecule has 13 heteroatoms. The number of hydrogen-bond acceptors (Lipinski definition) is 8. The standard InChI is InChI=1S/C27H26F3N9S/c28-27(29,30)12-22-11-23-25(33-16-34-26(23)40-22)36-20-3-5-37(6-4-20)14-18-1-2-24-19(9-18)10-21(13-31)39(24)8-7-38-17-32-15-35-38/h1-2,9-11,15-17,20H,3-8,12,14H2,(H,33,34,36). The summed E-state index contributed by atoms with van der Waals surface area (Å²) in [5, 5.41) is 18.9. The lowest BCUT2D eigenvalue weighted by Gasteiger charge is -2.32. The Morgan fingerprint density at radius 2 is 1.93 bits per heavy atom. The second-order valence-electron chi connectivity index (χ2n) is 9.99. The van der Waals surface area contributed by atoms with Crippen molar-refractivity contribution in [3.8, 4) is 6.07 Å². The molecule has 5 aromatic rings. The summed E-state index contributed by atoms with van der Waals surface area (Å²) in [4.78, 5) is 15.7. The summed E-state index contributed by atoms with van der Waals surface area (Å²) in [6, 6.07) is 12.3. The highest BCUT2D eigenvalue weighted by atomic mass is 32.1. The van der Waals surface area contributed by atoms with Crippen LogP contribution < -0.4 is 5.32 Å². The zero-order valence-electron chi connectivity index (χ0n) is 21.5. The van der Waals surface area contributed by atoms with Gasteiger partial charge in [-0.25, -0.2) is 15.0 Å². The molecule has 40 heavy (non-hydrogen) atoms. The number of likely N-dealkylation sites (tertiary alicyclic amines) is 1. The Hall–Kier alpha value is -4.02. The van der Waals surface area contributed by atoms with Crippen LogP contribution >= 0.6 is 11.3 Å². The maximum absolute atomic E-state index is 12.9. The lowest BCUT2D eigenvalue weighted by atomic mass is 10.0. The van der Waals surface area contributed by atoms with Crippen LogP contribution in [0.5, 0.6) is 0 Å². The number of benzene rings is 1. The van der Waals surface area contributed by atoms with E-state index in [-0.39, 0.29) is 10.9 Å². The molecule has 0 atom stereocenters. The van der Waals surface area contributed by atoms with Gasteiger partial charge in [0.1, 0.15) is 41.4 Å². The number of thiophene rings is 1. The van der Waals surface area contributed by atoms with Crippen molar-refractivity contribution < 1.29 is 13.2 Å². The molecule has 0 bridgehead atoms. The van der Waals surface area contributed by atoms with Crippen LogP contribution in [-0.2, 0) is 26.1 Å². The van der Waals surface area contributed by atoms with Gasteiger partial charge in [-0.3, -0.25) is 9.58 Å². The average molecular weight is 566 g/mol. The van der Waals surface area contributed by atoms with E-state index in [4.69, 9.17) is 0 Å². The molecule has 0 unspecified atom stereocenters. The Balaban J connectivity index is 1.08. The first-order valence-corrected chi connectivity index (χ1v) is 13.8. The van der Waals surface area contributed by atoms with Crippen LogP contribution in [0.15, 0.2) is 49.3 Å². The molecule has 0 spiro atoms. The van der Waals surface area contributed by atoms with Gasteiger partial charge in [0.05, 0.1) is 18.4 Å². The molecule has 1 aromatic carbocycles. The van der Waals surface area contributed by atoms with Crippen molar-refractivity contribution in [2.24, 2.45) is 0 Å². The molecule has 0 saturated carbocycles. The van der Waals surface area contributed by atoms with Gasteiger partial charge >= 0.3 is 6.18 Å². The molecular formula is C27H26F3N9S. The Morgan fingerprint density at radius 3 is 2.67 bits per heavy atom. The van der Waals surface area contributed by atoms with Gasteiger partial charge in [0.15, 0.2) is 0 Å². The fraction of sp³-hybridized carbons (Fsp3) is 0.370. The fourth-order valence-electron chi connectivity index (χ4n) is 5.30. The van der Waals surface area contributed by atoms with Crippen molar-refractivity contribution in [2.45, 2.75) is 51.1 Å². The number of halogens is 3. The number of nitrogens with zero attached hydrogens (tertiary/aromatic N) is 8. The number of hydrogen-bond donors (Lipinski definition) is 1. The molecule has 0 aliphatic carbocycles. The van der Waals surface area contributed by atoms with Gasteiger partial charge in [0, 0.05) is 48.0 Å². The number of nitriles is 1. The molecule has 0 amide bonds. The smallest absolute Gasteiger partial charge is 0.367 e. The highest BCUT2D eigenvalue weighted by Crippen LogP contribution is 2.33. The molecule has 0 radical (unpaired) electrons. The maximum Gasteiger partial charge on any atom is 0.393 e. The predicted molar refractivity (Wildman–Crippen MR) is 146 cm³/mol. The molecule has 1 aliphatic heterocycles. The molecule has 9 nitrogen and oxygen atoms in total. The first-order valence-electron chi connectivity index (χ1n) is 13.0. The first-order chi connectivity index (χ1) is 19.3. The van der Waals surface area contributed by atoms with E-state index < -0.39 is 12.6 Å². The highest BCUT2D eigenvalue weighted by Gasteiger charge is 2.29. The molecular weight excluding hydrogens is 539 g/mol. The molecule has 6 rings (SSSR count). The van der Waals surface area contributed by atoms with Gasteiger partial charge in [-0.05, 0) is 42.7 Å². The van der Waals surface area contributed by atoms with Gasteiger partial charge in [0.2, 0.25) is 0 Å². The number of aryl methyl sites for hydroxylation is 2. The van der Waals surface area contributed by atoms with Gasteiger partial charge in [0.25, 0.3) is 0 Å². The third-order valence-electron chi connectivity index (χ3n) is 7.19. The monoisotopic (exact) mass is 565 g/mol. The van der Waals surface area contributed by atoms with Crippen LogP contribution in [-0.4, -0.2) is 59.5 Å². The molecule has 1 fully saturated rings. The summed E-state index contributed by atoms with van der Waals surface area (Å²) in [6.07, 6.45) is 1.15. The van der Waals surface area contributed by atoms with Crippen molar-refractivity contribution in [3.63, 3.8) is 0 Å². The largest absolute Gasteiger partial charge is 0.393 e. The second-order valence-corrected chi connectivity index (χ2v) is 11.1. The Morgan fingerprint density at radius 1 is 1.07 bits per heavy atom. The van der Waals surface area contributed by atoms with Gasteiger partial charge in [-0.15, -0.1) is 11.3 Å². The Labute approximate surface area is 231 Å². The lowest BCUT2D eigenvalue weighted by Crippen LogP contribution is -2.38. The zero-order chi connectivity index (χ0) is 27.7. The number of aromatic nitrogens is 6. The van der Waals surface area contributed by atoms with Crippen LogP contribution in [0.1, 0.15) is 29.0 Å². The lowest BCUT2D eigenvalue weighted by molar-refractivity contribution is -0.126. The van der Waals surface area contributed by atoms with Crippen molar-refractivity contribution in [3.05, 3.63) is 65.4 Å². The third kappa shape index (κ3) is 5.78. The van der Waals surface area contributed by atoms with Crippen LogP contribution in [0.4, 0.5) is 19.0 Å². The minimum Gasteiger partial charge on any atom is -0.367 e. The number of alkyl halides is 3. The van der Waals surface area contributed by atoms with Gasteiger partial charge in [-0.1, -0.05) is 6.07 Å². The van der Waals surface area contributed by atoms with Crippen molar-refractivity contribution in [1.29, 1.82) is 5.26 Å². The quantitative estimate of drug-likeness (QED) is 0.283. The molecule has 5 heterocycles. The molecule has 1 aliphatic rings. The summed E-state index contributed by atoms with van der Waals surface area (Å²) in [5.41, 5.74) is 2.82. The highest BCUT2D eigenvalue weighted by molar-refractivity contribution is 7.18. The number of anilines is 1. The topological polar surface area (TPSA) is 100 Å². The van der Waals surface area contributed by atoms with Crippen LogP contribution in [0.25, 0.3) is 21.1 Å². The van der Waals surface area contributed by atoms with Crippen molar-refractivity contribution in [1.82, 2.24) is 34.2 Å². The SMILES string of the molecule is N#Cc1cc2cc(CN3CCC(Nc4ncnc5sc(CC(F)(F)F)cc45)CC3)ccc2n1CCn1cncn1. The minimum atomic E-state index is -4.25. The summed E-state index contributed by atoms with van der Waals surface area (Å²) < 4.78 is 42.3. The second kappa shape index (κ2) is 10.9. The minimum absolute atomic E-state index is 0.181. The summed E-state index contributed by atoms with van der Waals surface area (Å²) in [5.74, 6) is 0.597. The summed E-state index contributed by atoms with van der Waals surface area (Å²) in [6.45, 7) is 3.83. The van der Waals surface area contributed by atoms with Gasteiger partial charge < -0.3 is 9.88 Å². The third-order valence-corrected chi connectivity index (χ3v) is 8.23. The van der Waals surface area contributed by atoms with Crippen molar-refractivity contribution in [2.75, 3.05) is 18.4 Å². The summed E-state index contributed by atoms with van der Waals surface area (Å²) >= 11 is 1.06. The summed E-state index contributed by atoms with van der Waals surface area (Å²) in [7, 11) is 0. The number of fused-ring (bicyclic) bond motifs is 2. The predicted octanol–water partition coefficient (Wildman–Crippen LogP) is 4.99. The van der Waals surface area contributed by atoms with E-state index in [0.29, 0.717) is 34.8 Å². The average Bonchev–Trinajstić information content (AvgIpc) is 3.66. The van der Waals surface area contributed by atoms with E-state index in [9.17, 15) is 18.4 Å². The van der Waals surface area contributed by atoms with E-state index in [1.807, 2.05) is 10.6 Å². The van der Waals surface area contributed by atoms with E-state index in [2.05, 4.69) is 54.5 Å². The molecule has 1 N–H and O–H groups in total. The Bertz CT molecular complexity index is 1660. The number of piperidine rings is 1. The van der Waals surface area contributed by atoms with E-state index in [0.717, 1.165) is 54.7 Å². The van der Waals surface area contributed by atoms with E-state index >= 15 is 0 Å². The van der Waals surface area contributed by atoms with E-state index in [1.54, 1.807) is 17.1 Å². The van der Waals surface area contributed by atoms with E-state index in [1.165, 1.54) is 18.2 Å². The maximum atomic E-state index is 12.9. The number of rotatable bonds is 8. The van der Waals surface area contributed by atoms with Crippen LogP contribution in [0.3, 0.4) is 0 Å². The molecule has 4 aromatic heterocycles. The fourth-order valence-corrected chi connectivity index (χ4v) is 6.32. The first kappa shape index (κ1) is 26.2. The van der Waals surface area contributed by atoms with Crippen molar-refractivity contribution >= 4 is 38.3 Å².